The number of ether oxygens (including phenoxy) is 1. The van der Waals surface area contributed by atoms with Crippen LogP contribution in [0.4, 0.5) is 0 Å². The minimum atomic E-state index is -1.59. The van der Waals surface area contributed by atoms with E-state index in [1.807, 2.05) is 18.2 Å². The molecule has 0 heterocycles. The van der Waals surface area contributed by atoms with Crippen LogP contribution in [-0.4, -0.2) is 25.0 Å². The number of hydrogen-bond acceptors (Lipinski definition) is 1. The van der Waals surface area contributed by atoms with E-state index in [4.69, 9.17) is 4.74 Å². The normalized spacial score (nSPS) is 12.2. The van der Waals surface area contributed by atoms with Crippen molar-refractivity contribution in [3.8, 4) is 0 Å². The van der Waals surface area contributed by atoms with Gasteiger partial charge in [-0.05, 0) is 0 Å². The van der Waals surface area contributed by atoms with Gasteiger partial charge >= 0.3 is 104 Å². The van der Waals surface area contributed by atoms with E-state index in [1.54, 1.807) is 0 Å². The van der Waals surface area contributed by atoms with Gasteiger partial charge in [0.25, 0.3) is 0 Å². The molecule has 1 aromatic rings. The molecule has 0 saturated heterocycles. The predicted molar refractivity (Wildman–Crippen MR) is 73.4 cm³/mol. The zero-order chi connectivity index (χ0) is 11.9. The molecule has 0 fully saturated rings. The Labute approximate surface area is 103 Å². The van der Waals surface area contributed by atoms with Crippen LogP contribution in [0.5, 0.6) is 0 Å². The SMILES string of the molecule is [CH3][Sn]([CH3])([CH3])[CH2]/C=C/COCc1ccccc1. The van der Waals surface area contributed by atoms with Crippen LogP contribution in [0.2, 0.25) is 19.3 Å². The summed E-state index contributed by atoms with van der Waals surface area (Å²) < 4.78 is 6.88. The summed E-state index contributed by atoms with van der Waals surface area (Å²) in [6, 6.07) is 10.3. The van der Waals surface area contributed by atoms with Crippen LogP contribution < -0.4 is 0 Å². The van der Waals surface area contributed by atoms with Gasteiger partial charge < -0.3 is 0 Å². The molecular formula is C14H22OSn. The first kappa shape index (κ1) is 13.8. The maximum absolute atomic E-state index is 5.57. The molecular weight excluding hydrogens is 303 g/mol. The third-order valence-electron chi connectivity index (χ3n) is 2.22. The number of rotatable bonds is 6. The molecule has 0 aliphatic rings. The van der Waals surface area contributed by atoms with Crippen LogP contribution in [0.3, 0.4) is 0 Å². The van der Waals surface area contributed by atoms with E-state index >= 15 is 0 Å². The molecule has 2 heteroatoms. The zero-order valence-electron chi connectivity index (χ0n) is 10.6. The van der Waals surface area contributed by atoms with Gasteiger partial charge in [-0.2, -0.15) is 0 Å². The molecule has 16 heavy (non-hydrogen) atoms. The first-order chi connectivity index (χ1) is 7.58. The van der Waals surface area contributed by atoms with Crippen LogP contribution in [0.25, 0.3) is 0 Å². The van der Waals surface area contributed by atoms with Gasteiger partial charge in [0.15, 0.2) is 0 Å². The Balaban J connectivity index is 2.13. The Hall–Kier alpha value is -0.281. The molecule has 1 rings (SSSR count). The van der Waals surface area contributed by atoms with E-state index in [0.29, 0.717) is 6.61 Å². The van der Waals surface area contributed by atoms with Gasteiger partial charge in [0.05, 0.1) is 0 Å². The molecule has 0 spiro atoms. The maximum atomic E-state index is 5.57. The van der Waals surface area contributed by atoms with Crippen molar-refractivity contribution >= 4 is 18.4 Å². The Morgan fingerprint density at radius 1 is 1.06 bits per heavy atom. The topological polar surface area (TPSA) is 9.23 Å². The van der Waals surface area contributed by atoms with Crippen LogP contribution in [-0.2, 0) is 11.3 Å². The van der Waals surface area contributed by atoms with E-state index in [1.165, 1.54) is 10.0 Å². The molecule has 1 nitrogen and oxygen atoms in total. The standard InChI is InChI=1S/C11H13O.3CH3.Sn/c1-2-3-9-12-10-11-7-5-4-6-8-11;;;;/h2-8H,1,9-10H2;3*1H3;/b3-2+;;;;. The van der Waals surface area contributed by atoms with Gasteiger partial charge in [0.2, 0.25) is 0 Å². The second-order valence-corrected chi connectivity index (χ2v) is 21.0. The van der Waals surface area contributed by atoms with E-state index in [0.717, 1.165) is 6.61 Å². The molecule has 0 radical (unpaired) electrons. The van der Waals surface area contributed by atoms with Crippen molar-refractivity contribution in [2.24, 2.45) is 0 Å². The van der Waals surface area contributed by atoms with Crippen molar-refractivity contribution in [3.05, 3.63) is 48.0 Å². The van der Waals surface area contributed by atoms with E-state index in [-0.39, 0.29) is 0 Å². The Morgan fingerprint density at radius 2 is 1.75 bits per heavy atom. The van der Waals surface area contributed by atoms with Crippen molar-refractivity contribution in [3.63, 3.8) is 0 Å². The fourth-order valence-electron chi connectivity index (χ4n) is 1.32. The second kappa shape index (κ2) is 7.12. The molecule has 88 valence electrons. The Kier molecular flexibility index (Phi) is 6.14. The first-order valence-corrected chi connectivity index (χ1v) is 16.4. The number of benzene rings is 1. The van der Waals surface area contributed by atoms with Crippen molar-refractivity contribution in [2.75, 3.05) is 6.61 Å². The summed E-state index contributed by atoms with van der Waals surface area (Å²) in [6.45, 7) is 1.45. The van der Waals surface area contributed by atoms with Crippen LogP contribution in [0, 0.1) is 0 Å². The van der Waals surface area contributed by atoms with Gasteiger partial charge in [-0.15, -0.1) is 0 Å². The molecule has 0 N–H and O–H groups in total. The molecule has 0 saturated carbocycles. The zero-order valence-corrected chi connectivity index (χ0v) is 13.4. The Morgan fingerprint density at radius 3 is 2.38 bits per heavy atom. The summed E-state index contributed by atoms with van der Waals surface area (Å²) in [5.74, 6) is 0. The molecule has 0 aliphatic carbocycles. The van der Waals surface area contributed by atoms with Gasteiger partial charge in [0, 0.05) is 0 Å². The quantitative estimate of drug-likeness (QED) is 0.435. The van der Waals surface area contributed by atoms with Crippen molar-refractivity contribution in [1.82, 2.24) is 0 Å². The molecule has 0 atom stereocenters. The van der Waals surface area contributed by atoms with Crippen molar-refractivity contribution < 1.29 is 4.74 Å². The van der Waals surface area contributed by atoms with Gasteiger partial charge in [0.1, 0.15) is 0 Å². The third kappa shape index (κ3) is 7.07. The summed E-state index contributed by atoms with van der Waals surface area (Å²) >= 11 is -1.59. The fourth-order valence-corrected chi connectivity index (χ4v) is 3.82. The van der Waals surface area contributed by atoms with E-state index in [9.17, 15) is 0 Å². The average molecular weight is 325 g/mol. The van der Waals surface area contributed by atoms with E-state index in [2.05, 4.69) is 39.1 Å². The fraction of sp³-hybridized carbons (Fsp3) is 0.429. The number of allylic oxidation sites excluding steroid dienone is 1. The molecule has 0 aliphatic heterocycles. The van der Waals surface area contributed by atoms with Crippen LogP contribution >= 0.6 is 0 Å². The predicted octanol–water partition coefficient (Wildman–Crippen LogP) is 4.10. The molecule has 0 bridgehead atoms. The van der Waals surface area contributed by atoms with E-state index < -0.39 is 18.4 Å². The minimum absolute atomic E-state index is 0.712. The molecule has 0 amide bonds. The van der Waals surface area contributed by atoms with Gasteiger partial charge in [-0.3, -0.25) is 0 Å². The summed E-state index contributed by atoms with van der Waals surface area (Å²) in [5.41, 5.74) is 1.24. The molecule has 1 aromatic carbocycles. The summed E-state index contributed by atoms with van der Waals surface area (Å²) in [4.78, 5) is 7.34. The Bertz CT molecular complexity index is 311. The van der Waals surface area contributed by atoms with Crippen LogP contribution in [0.1, 0.15) is 5.56 Å². The van der Waals surface area contributed by atoms with Crippen molar-refractivity contribution in [2.45, 2.75) is 25.9 Å². The first-order valence-electron chi connectivity index (χ1n) is 5.84. The second-order valence-electron chi connectivity index (χ2n) is 5.24. The monoisotopic (exact) mass is 326 g/mol. The third-order valence-corrected chi connectivity index (χ3v) is 6.39. The van der Waals surface area contributed by atoms with Crippen LogP contribution in [0.15, 0.2) is 42.5 Å². The van der Waals surface area contributed by atoms with Crippen molar-refractivity contribution in [1.29, 1.82) is 0 Å². The van der Waals surface area contributed by atoms with Gasteiger partial charge in [-0.25, -0.2) is 0 Å². The van der Waals surface area contributed by atoms with Gasteiger partial charge in [-0.1, -0.05) is 0 Å². The summed E-state index contributed by atoms with van der Waals surface area (Å²) in [5, 5.41) is 0. The average Bonchev–Trinajstić information content (AvgIpc) is 2.23. The summed E-state index contributed by atoms with van der Waals surface area (Å²) in [7, 11) is 0. The molecule has 0 unspecified atom stereocenters. The molecule has 0 aromatic heterocycles. The number of hydrogen-bond donors (Lipinski definition) is 0. The summed E-state index contributed by atoms with van der Waals surface area (Å²) in [6.07, 6.45) is 4.45.